The van der Waals surface area contributed by atoms with Crippen molar-refractivity contribution in [3.05, 3.63) is 71.9 Å². The van der Waals surface area contributed by atoms with Gasteiger partial charge in [0, 0.05) is 24.6 Å². The third kappa shape index (κ3) is 6.77. The minimum Gasteiger partial charge on any atom is -0.450 e. The smallest absolute Gasteiger partial charge is 0.434 e. The second-order valence-electron chi connectivity index (χ2n) is 12.8. The molecule has 0 spiro atoms. The van der Waals surface area contributed by atoms with Crippen LogP contribution in [-0.4, -0.2) is 75.5 Å². The van der Waals surface area contributed by atoms with E-state index in [0.29, 0.717) is 19.3 Å². The fourth-order valence-electron chi connectivity index (χ4n) is 7.06. The molecular weight excluding hydrogens is 621 g/mol. The van der Waals surface area contributed by atoms with Gasteiger partial charge in [0.1, 0.15) is 18.3 Å². The molecule has 254 valence electrons. The number of carbonyl (C=O) groups excluding carboxylic acids is 4. The minimum absolute atomic E-state index is 0.00387. The Morgan fingerprint density at radius 2 is 1.58 bits per heavy atom. The maximum absolute atomic E-state index is 15.4. The Balaban J connectivity index is 1.07. The number of hydrogen-bond acceptors (Lipinski definition) is 8. The molecule has 1 heterocycles. The zero-order valence-electron chi connectivity index (χ0n) is 26.7. The molecule has 2 atom stereocenters. The first kappa shape index (κ1) is 33.1. The summed E-state index contributed by atoms with van der Waals surface area (Å²) in [6.07, 6.45) is 0.929. The van der Waals surface area contributed by atoms with Gasteiger partial charge in [-0.2, -0.15) is 4.68 Å². The van der Waals surface area contributed by atoms with Gasteiger partial charge >= 0.3 is 12.2 Å². The molecule has 3 aliphatic rings. The van der Waals surface area contributed by atoms with Crippen LogP contribution < -0.4 is 16.0 Å². The Morgan fingerprint density at radius 1 is 0.938 bits per heavy atom. The lowest BCUT2D eigenvalue weighted by Crippen LogP contribution is -2.67. The van der Waals surface area contributed by atoms with Gasteiger partial charge in [-0.05, 0) is 61.3 Å². The predicted molar refractivity (Wildman–Crippen MR) is 173 cm³/mol. The lowest BCUT2D eigenvalue weighted by Gasteiger charge is -2.45. The summed E-state index contributed by atoms with van der Waals surface area (Å²) in [5.41, 5.74) is 1.39. The van der Waals surface area contributed by atoms with E-state index in [1.807, 2.05) is 48.5 Å². The maximum atomic E-state index is 15.4. The van der Waals surface area contributed by atoms with Gasteiger partial charge in [-0.25, -0.2) is 14.0 Å². The second kappa shape index (κ2) is 13.8. The monoisotopic (exact) mass is 661 g/mol. The summed E-state index contributed by atoms with van der Waals surface area (Å²) in [5.74, 6) is -1.70. The topological polar surface area (TPSA) is 161 Å². The molecular formula is C35H40FN5O7. The number of hydrogen-bond donors (Lipinski definition) is 4. The van der Waals surface area contributed by atoms with E-state index in [4.69, 9.17) is 9.47 Å². The molecule has 12 nitrogen and oxygen atoms in total. The van der Waals surface area contributed by atoms with Crippen molar-refractivity contribution in [1.29, 1.82) is 0 Å². The van der Waals surface area contributed by atoms with Gasteiger partial charge in [-0.15, -0.1) is 5.10 Å². The zero-order valence-corrected chi connectivity index (χ0v) is 26.7. The molecule has 0 radical (unpaired) electrons. The van der Waals surface area contributed by atoms with Crippen LogP contribution in [0.5, 0.6) is 0 Å². The first-order valence-electron chi connectivity index (χ1n) is 16.5. The van der Waals surface area contributed by atoms with E-state index < -0.39 is 47.4 Å². The number of amides is 3. The largest absolute Gasteiger partial charge is 0.450 e. The molecule has 0 bridgehead atoms. The SMILES string of the molecule is CCOC(=O)N[C@@H](CC1(F)CCCC1)C(=O)NC1(C(O)C(=O)Nc2ccn(C(=O)OCC3c4ccccc4-c4ccccc43)n2)CCC1. The van der Waals surface area contributed by atoms with Gasteiger partial charge < -0.3 is 30.5 Å². The summed E-state index contributed by atoms with van der Waals surface area (Å²) in [5, 5.41) is 22.9. The number of nitrogens with zero attached hydrogens (tertiary/aromatic N) is 2. The number of anilines is 1. The number of alkyl halides is 1. The molecule has 48 heavy (non-hydrogen) atoms. The fourth-order valence-corrected chi connectivity index (χ4v) is 7.06. The number of nitrogens with one attached hydrogen (secondary N) is 3. The summed E-state index contributed by atoms with van der Waals surface area (Å²) in [7, 11) is 0. The normalized spacial score (nSPS) is 18.4. The van der Waals surface area contributed by atoms with E-state index in [0.717, 1.165) is 26.9 Å². The first-order chi connectivity index (χ1) is 23.1. The number of aliphatic hydroxyl groups excluding tert-OH is 1. The highest BCUT2D eigenvalue weighted by Gasteiger charge is 2.50. The highest BCUT2D eigenvalue weighted by Crippen LogP contribution is 2.44. The van der Waals surface area contributed by atoms with Gasteiger partial charge in [-0.1, -0.05) is 61.4 Å². The molecule has 3 aliphatic carbocycles. The van der Waals surface area contributed by atoms with Crippen molar-refractivity contribution in [1.82, 2.24) is 20.4 Å². The van der Waals surface area contributed by atoms with E-state index in [-0.39, 0.29) is 57.1 Å². The van der Waals surface area contributed by atoms with Gasteiger partial charge in [0.15, 0.2) is 11.9 Å². The molecule has 2 aromatic carbocycles. The number of benzene rings is 2. The number of carbonyl (C=O) groups is 4. The summed E-state index contributed by atoms with van der Waals surface area (Å²) < 4.78 is 26.9. The Labute approximate surface area is 277 Å². The van der Waals surface area contributed by atoms with Crippen molar-refractivity contribution in [3.63, 3.8) is 0 Å². The Bertz CT molecular complexity index is 1640. The highest BCUT2D eigenvalue weighted by atomic mass is 19.1. The third-order valence-electron chi connectivity index (χ3n) is 9.71. The number of aliphatic hydroxyl groups is 1. The molecule has 13 heteroatoms. The lowest BCUT2D eigenvalue weighted by molar-refractivity contribution is -0.137. The van der Waals surface area contributed by atoms with Gasteiger partial charge in [0.25, 0.3) is 5.91 Å². The number of halogens is 1. The third-order valence-corrected chi connectivity index (χ3v) is 9.71. The van der Waals surface area contributed by atoms with Crippen molar-refractivity contribution < 1.29 is 38.1 Å². The molecule has 3 amide bonds. The van der Waals surface area contributed by atoms with Gasteiger partial charge in [-0.3, -0.25) is 9.59 Å². The van der Waals surface area contributed by atoms with Gasteiger partial charge in [0.2, 0.25) is 5.91 Å². The summed E-state index contributed by atoms with van der Waals surface area (Å²) in [6.45, 7) is 1.77. The van der Waals surface area contributed by atoms with Crippen LogP contribution >= 0.6 is 0 Å². The van der Waals surface area contributed by atoms with Crippen LogP contribution in [-0.2, 0) is 19.1 Å². The van der Waals surface area contributed by atoms with Crippen LogP contribution in [0.15, 0.2) is 60.8 Å². The van der Waals surface area contributed by atoms with Crippen LogP contribution in [0.25, 0.3) is 11.1 Å². The quantitative estimate of drug-likeness (QED) is 0.228. The number of alkyl carbamates (subject to hydrolysis) is 1. The number of ether oxygens (including phenoxy) is 2. The van der Waals surface area contributed by atoms with Crippen LogP contribution in [0.3, 0.4) is 0 Å². The van der Waals surface area contributed by atoms with Crippen LogP contribution in [0.2, 0.25) is 0 Å². The predicted octanol–water partition coefficient (Wildman–Crippen LogP) is 4.81. The molecule has 1 unspecified atom stereocenters. The fraction of sp³-hybridized carbons (Fsp3) is 0.457. The number of rotatable bonds is 11. The molecule has 1 aromatic heterocycles. The maximum Gasteiger partial charge on any atom is 0.434 e. The van der Waals surface area contributed by atoms with Crippen LogP contribution in [0, 0.1) is 0 Å². The van der Waals surface area contributed by atoms with Crippen molar-refractivity contribution in [2.45, 2.75) is 87.6 Å². The van der Waals surface area contributed by atoms with Crippen LogP contribution in [0.4, 0.5) is 19.8 Å². The van der Waals surface area contributed by atoms with Crippen molar-refractivity contribution >= 4 is 29.8 Å². The average molecular weight is 662 g/mol. The summed E-state index contributed by atoms with van der Waals surface area (Å²) in [6, 6.07) is 16.1. The van der Waals surface area contributed by atoms with E-state index in [2.05, 4.69) is 21.0 Å². The van der Waals surface area contributed by atoms with Crippen LogP contribution in [0.1, 0.15) is 75.3 Å². The Hall–Kier alpha value is -4.78. The lowest BCUT2D eigenvalue weighted by atomic mass is 9.72. The Kier molecular flexibility index (Phi) is 9.49. The van der Waals surface area contributed by atoms with E-state index in [9.17, 15) is 24.3 Å². The van der Waals surface area contributed by atoms with Crippen molar-refractivity contribution in [2.75, 3.05) is 18.5 Å². The summed E-state index contributed by atoms with van der Waals surface area (Å²) >= 11 is 0. The molecule has 2 fully saturated rings. The van der Waals surface area contributed by atoms with Crippen molar-refractivity contribution in [2.24, 2.45) is 0 Å². The second-order valence-corrected chi connectivity index (χ2v) is 12.8. The van der Waals surface area contributed by atoms with E-state index >= 15 is 4.39 Å². The molecule has 4 N–H and O–H groups in total. The Morgan fingerprint density at radius 3 is 2.19 bits per heavy atom. The van der Waals surface area contributed by atoms with Crippen molar-refractivity contribution in [3.8, 4) is 11.1 Å². The highest BCUT2D eigenvalue weighted by molar-refractivity contribution is 5.95. The zero-order chi connectivity index (χ0) is 33.9. The number of fused-ring (bicyclic) bond motifs is 3. The minimum atomic E-state index is -1.69. The molecule has 2 saturated carbocycles. The molecule has 0 aliphatic heterocycles. The molecule has 0 saturated heterocycles. The number of aromatic nitrogens is 2. The first-order valence-corrected chi connectivity index (χ1v) is 16.5. The van der Waals surface area contributed by atoms with E-state index in [1.54, 1.807) is 6.92 Å². The molecule has 3 aromatic rings. The standard InChI is InChI=1S/C35H40FN5O7/c1-2-47-32(45)37-27(20-34(36)15-7-8-16-34)30(43)39-35(17-9-18-35)29(42)31(44)38-28-14-19-41(40-28)33(46)48-21-26-24-12-5-3-10-22(24)23-11-4-6-13-25(23)26/h3-6,10-14,19,26-27,29,42H,2,7-9,15-18,20-21H2,1H3,(H,37,45)(H,39,43)(H,38,40,44)/t27-,29?/m0/s1. The van der Waals surface area contributed by atoms with E-state index in [1.165, 1.54) is 12.3 Å². The van der Waals surface area contributed by atoms with Gasteiger partial charge in [0.05, 0.1) is 12.1 Å². The molecule has 6 rings (SSSR count). The summed E-state index contributed by atoms with van der Waals surface area (Å²) in [4.78, 5) is 51.7. The average Bonchev–Trinajstić information content (AvgIpc) is 3.79.